The largest absolute Gasteiger partial charge is 0.480 e. The van der Waals surface area contributed by atoms with Gasteiger partial charge in [0.15, 0.2) is 0 Å². The number of aliphatic carboxylic acids is 1. The first-order chi connectivity index (χ1) is 9.36. The predicted molar refractivity (Wildman–Crippen MR) is 65.5 cm³/mol. The number of methoxy groups -OCH3 is 1. The van der Waals surface area contributed by atoms with Gasteiger partial charge in [0.1, 0.15) is 12.1 Å². The molecule has 0 radical (unpaired) electrons. The van der Waals surface area contributed by atoms with Crippen molar-refractivity contribution in [3.05, 3.63) is 0 Å². The van der Waals surface area contributed by atoms with Gasteiger partial charge in [0, 0.05) is 6.54 Å². The van der Waals surface area contributed by atoms with Gasteiger partial charge in [0.05, 0.1) is 13.5 Å². The molecule has 1 fully saturated rings. The molecule has 1 heterocycles. The minimum atomic E-state index is -1.42. The number of rotatable bonds is 5. The Morgan fingerprint density at radius 3 is 2.60 bits per heavy atom. The van der Waals surface area contributed by atoms with E-state index in [2.05, 4.69) is 10.1 Å². The van der Waals surface area contributed by atoms with E-state index in [0.717, 1.165) is 0 Å². The average Bonchev–Trinajstić information content (AvgIpc) is 2.85. The molecule has 0 aromatic heterocycles. The van der Waals surface area contributed by atoms with Crippen LogP contribution in [-0.4, -0.2) is 59.6 Å². The first-order valence-corrected chi connectivity index (χ1v) is 6.03. The van der Waals surface area contributed by atoms with Gasteiger partial charge in [0.25, 0.3) is 0 Å². The number of ether oxygens (including phenoxy) is 1. The number of carbonyl (C=O) groups is 4. The number of esters is 1. The third-order valence-electron chi connectivity index (χ3n) is 2.99. The number of primary amides is 1. The number of hydrogen-bond acceptors (Lipinski definition) is 5. The van der Waals surface area contributed by atoms with E-state index in [-0.39, 0.29) is 0 Å². The summed E-state index contributed by atoms with van der Waals surface area (Å²) in [5.41, 5.74) is 4.92. The molecule has 2 unspecified atom stereocenters. The van der Waals surface area contributed by atoms with Gasteiger partial charge in [-0.2, -0.15) is 0 Å². The summed E-state index contributed by atoms with van der Waals surface area (Å²) in [6.07, 6.45) is 0.548. The Balaban J connectivity index is 2.70. The van der Waals surface area contributed by atoms with Crippen molar-refractivity contribution in [2.24, 2.45) is 5.73 Å². The van der Waals surface area contributed by atoms with Crippen LogP contribution in [0.15, 0.2) is 0 Å². The highest BCUT2D eigenvalue weighted by Gasteiger charge is 2.36. The summed E-state index contributed by atoms with van der Waals surface area (Å²) in [5, 5.41) is 11.1. The average molecular weight is 287 g/mol. The molecule has 0 saturated carbocycles. The van der Waals surface area contributed by atoms with Crippen molar-refractivity contribution in [1.29, 1.82) is 0 Å². The lowest BCUT2D eigenvalue weighted by Gasteiger charge is -2.24. The van der Waals surface area contributed by atoms with Gasteiger partial charge in [-0.1, -0.05) is 0 Å². The van der Waals surface area contributed by atoms with Crippen molar-refractivity contribution < 1.29 is 29.0 Å². The topological polar surface area (TPSA) is 139 Å². The summed E-state index contributed by atoms with van der Waals surface area (Å²) in [5.74, 6) is -2.77. The van der Waals surface area contributed by atoms with E-state index in [1.54, 1.807) is 0 Å². The van der Waals surface area contributed by atoms with E-state index in [0.29, 0.717) is 19.4 Å². The van der Waals surface area contributed by atoms with Crippen molar-refractivity contribution in [2.75, 3.05) is 13.7 Å². The molecule has 2 atom stereocenters. The molecule has 0 aliphatic carbocycles. The fourth-order valence-corrected chi connectivity index (χ4v) is 2.02. The molecule has 1 aliphatic rings. The van der Waals surface area contributed by atoms with Crippen LogP contribution in [0.3, 0.4) is 0 Å². The Hall–Kier alpha value is -2.32. The number of nitrogens with zero attached hydrogens (tertiary/aromatic N) is 1. The number of urea groups is 1. The van der Waals surface area contributed by atoms with Gasteiger partial charge in [-0.05, 0) is 12.8 Å². The number of carboxylic acid groups (broad SMARTS) is 1. The molecule has 1 saturated heterocycles. The Kier molecular flexibility index (Phi) is 5.30. The normalized spacial score (nSPS) is 19.2. The van der Waals surface area contributed by atoms with Crippen LogP contribution in [0.5, 0.6) is 0 Å². The van der Waals surface area contributed by atoms with Crippen molar-refractivity contribution in [3.63, 3.8) is 0 Å². The van der Waals surface area contributed by atoms with E-state index in [4.69, 9.17) is 10.8 Å². The SMILES string of the molecule is COC(=O)C1CCCN1C(=O)NC(CC(N)=O)C(=O)O. The lowest BCUT2D eigenvalue weighted by atomic mass is 10.2. The van der Waals surface area contributed by atoms with Crippen LogP contribution in [0, 0.1) is 0 Å². The number of amides is 3. The molecule has 1 aliphatic heterocycles. The zero-order valence-corrected chi connectivity index (χ0v) is 11.0. The monoisotopic (exact) mass is 287 g/mol. The zero-order valence-electron chi connectivity index (χ0n) is 11.0. The molecule has 1 rings (SSSR count). The first kappa shape index (κ1) is 15.7. The summed E-state index contributed by atoms with van der Waals surface area (Å²) in [7, 11) is 1.21. The highest BCUT2D eigenvalue weighted by atomic mass is 16.5. The van der Waals surface area contributed by atoms with Crippen molar-refractivity contribution in [2.45, 2.75) is 31.3 Å². The second kappa shape index (κ2) is 6.73. The molecule has 4 N–H and O–H groups in total. The first-order valence-electron chi connectivity index (χ1n) is 6.03. The molecular weight excluding hydrogens is 270 g/mol. The van der Waals surface area contributed by atoms with Gasteiger partial charge < -0.3 is 25.8 Å². The van der Waals surface area contributed by atoms with E-state index in [1.807, 2.05) is 0 Å². The Bertz CT molecular complexity index is 424. The van der Waals surface area contributed by atoms with E-state index in [9.17, 15) is 19.2 Å². The van der Waals surface area contributed by atoms with Crippen LogP contribution in [-0.2, 0) is 19.1 Å². The molecule has 0 aromatic rings. The molecule has 9 heteroatoms. The quantitative estimate of drug-likeness (QED) is 0.535. The summed E-state index contributed by atoms with van der Waals surface area (Å²) in [6, 6.07) is -2.88. The lowest BCUT2D eigenvalue weighted by molar-refractivity contribution is -0.145. The fourth-order valence-electron chi connectivity index (χ4n) is 2.02. The number of nitrogens with two attached hydrogens (primary N) is 1. The van der Waals surface area contributed by atoms with Gasteiger partial charge in [-0.25, -0.2) is 14.4 Å². The highest BCUT2D eigenvalue weighted by molar-refractivity contribution is 5.89. The van der Waals surface area contributed by atoms with Crippen LogP contribution in [0.2, 0.25) is 0 Å². The molecule has 20 heavy (non-hydrogen) atoms. The van der Waals surface area contributed by atoms with Gasteiger partial charge in [-0.15, -0.1) is 0 Å². The van der Waals surface area contributed by atoms with Crippen molar-refractivity contribution in [3.8, 4) is 0 Å². The molecule has 9 nitrogen and oxygen atoms in total. The van der Waals surface area contributed by atoms with E-state index < -0.39 is 42.4 Å². The lowest BCUT2D eigenvalue weighted by Crippen LogP contribution is -2.52. The Labute approximate surface area is 115 Å². The predicted octanol–water partition coefficient (Wildman–Crippen LogP) is -1.34. The maximum atomic E-state index is 12.0. The second-order valence-electron chi connectivity index (χ2n) is 4.39. The molecule has 0 bridgehead atoms. The molecule has 3 amide bonds. The van der Waals surface area contributed by atoms with E-state index >= 15 is 0 Å². The second-order valence-corrected chi connectivity index (χ2v) is 4.39. The summed E-state index contributed by atoms with van der Waals surface area (Å²) < 4.78 is 4.58. The number of hydrogen-bond donors (Lipinski definition) is 3. The standard InChI is InChI=1S/C11H17N3O6/c1-20-10(18)7-3-2-4-14(7)11(19)13-6(9(16)17)5-8(12)15/h6-7H,2-5H2,1H3,(H2,12,15)(H,13,19)(H,16,17). The smallest absolute Gasteiger partial charge is 0.328 e. The number of nitrogens with one attached hydrogen (secondary N) is 1. The van der Waals surface area contributed by atoms with Crippen LogP contribution < -0.4 is 11.1 Å². The molecular formula is C11H17N3O6. The van der Waals surface area contributed by atoms with Crippen molar-refractivity contribution >= 4 is 23.9 Å². The molecule has 112 valence electrons. The van der Waals surface area contributed by atoms with Gasteiger partial charge in [-0.3, -0.25) is 4.79 Å². The molecule has 0 aromatic carbocycles. The van der Waals surface area contributed by atoms with Crippen LogP contribution in [0.1, 0.15) is 19.3 Å². The fraction of sp³-hybridized carbons (Fsp3) is 0.636. The zero-order chi connectivity index (χ0) is 15.3. The summed E-state index contributed by atoms with van der Waals surface area (Å²) >= 11 is 0. The highest BCUT2D eigenvalue weighted by Crippen LogP contribution is 2.18. The van der Waals surface area contributed by atoms with Crippen LogP contribution in [0.25, 0.3) is 0 Å². The van der Waals surface area contributed by atoms with Crippen LogP contribution in [0.4, 0.5) is 4.79 Å². The Morgan fingerprint density at radius 1 is 1.45 bits per heavy atom. The molecule has 0 spiro atoms. The third kappa shape index (κ3) is 3.84. The summed E-state index contributed by atoms with van der Waals surface area (Å²) in [4.78, 5) is 46.3. The number of carbonyl (C=O) groups excluding carboxylic acids is 3. The number of likely N-dealkylation sites (tertiary alicyclic amines) is 1. The maximum absolute atomic E-state index is 12.0. The van der Waals surface area contributed by atoms with Gasteiger partial charge in [0.2, 0.25) is 5.91 Å². The summed E-state index contributed by atoms with van der Waals surface area (Å²) in [6.45, 7) is 0.314. The van der Waals surface area contributed by atoms with Crippen LogP contribution >= 0.6 is 0 Å². The van der Waals surface area contributed by atoms with Gasteiger partial charge >= 0.3 is 18.0 Å². The Morgan fingerprint density at radius 2 is 2.10 bits per heavy atom. The van der Waals surface area contributed by atoms with E-state index in [1.165, 1.54) is 12.0 Å². The maximum Gasteiger partial charge on any atom is 0.328 e. The minimum Gasteiger partial charge on any atom is -0.480 e. The van der Waals surface area contributed by atoms with Crippen molar-refractivity contribution in [1.82, 2.24) is 10.2 Å². The third-order valence-corrected chi connectivity index (χ3v) is 2.99. The number of carboxylic acids is 1. The minimum absolute atomic E-state index is 0.314.